The van der Waals surface area contributed by atoms with Crippen LogP contribution in [0.25, 0.3) is 10.4 Å². The van der Waals surface area contributed by atoms with E-state index in [1.807, 2.05) is 0 Å². The molecule has 1 amide bonds. The standard InChI is InChI=1S/C20H24N2OS/c1-2-9-21-10-12-22(13-11-21)20(23)18-14-16-8-7-15-5-3-4-6-17(15)19(16)24-18/h3-6,14H,2,7-13H2,1H3/p+1. The first-order valence-corrected chi connectivity index (χ1v) is 9.91. The molecular weight excluding hydrogens is 316 g/mol. The van der Waals surface area contributed by atoms with Crippen molar-refractivity contribution in [2.24, 2.45) is 0 Å². The van der Waals surface area contributed by atoms with Gasteiger partial charge < -0.3 is 9.80 Å². The van der Waals surface area contributed by atoms with Gasteiger partial charge in [-0.2, -0.15) is 0 Å². The zero-order chi connectivity index (χ0) is 16.5. The fourth-order valence-corrected chi connectivity index (χ4v) is 5.20. The van der Waals surface area contributed by atoms with E-state index < -0.39 is 0 Å². The van der Waals surface area contributed by atoms with E-state index >= 15 is 0 Å². The van der Waals surface area contributed by atoms with E-state index in [1.54, 1.807) is 16.2 Å². The van der Waals surface area contributed by atoms with Gasteiger partial charge in [-0.05, 0) is 42.0 Å². The number of hydrogen-bond donors (Lipinski definition) is 1. The minimum absolute atomic E-state index is 0.238. The van der Waals surface area contributed by atoms with Crippen LogP contribution in [-0.2, 0) is 12.8 Å². The zero-order valence-electron chi connectivity index (χ0n) is 14.3. The summed E-state index contributed by atoms with van der Waals surface area (Å²) in [5.74, 6) is 0.238. The third kappa shape index (κ3) is 2.89. The molecule has 3 nitrogen and oxygen atoms in total. The Kier molecular flexibility index (Phi) is 4.42. The number of piperazine rings is 1. The summed E-state index contributed by atoms with van der Waals surface area (Å²) >= 11 is 1.69. The number of fused-ring (bicyclic) bond motifs is 3. The lowest BCUT2D eigenvalue weighted by Crippen LogP contribution is -3.14. The van der Waals surface area contributed by atoms with E-state index in [0.717, 1.165) is 43.9 Å². The molecule has 4 heteroatoms. The van der Waals surface area contributed by atoms with Crippen LogP contribution >= 0.6 is 11.3 Å². The third-order valence-electron chi connectivity index (χ3n) is 5.31. The number of thiophene rings is 1. The number of hydrogen-bond acceptors (Lipinski definition) is 2. The Morgan fingerprint density at radius 1 is 1.17 bits per heavy atom. The molecule has 1 aromatic heterocycles. The molecule has 1 aromatic carbocycles. The molecule has 4 rings (SSSR count). The van der Waals surface area contributed by atoms with Crippen molar-refractivity contribution in [2.45, 2.75) is 26.2 Å². The number of nitrogens with one attached hydrogen (secondary N) is 1. The largest absolute Gasteiger partial charge is 0.332 e. The maximum atomic E-state index is 12.9. The summed E-state index contributed by atoms with van der Waals surface area (Å²) in [4.78, 5) is 18.9. The van der Waals surface area contributed by atoms with Gasteiger partial charge in [-0.1, -0.05) is 31.2 Å². The predicted octanol–water partition coefficient (Wildman–Crippen LogP) is 2.26. The number of quaternary nitrogens is 1. The normalized spacial score (nSPS) is 17.5. The highest BCUT2D eigenvalue weighted by Crippen LogP contribution is 2.39. The van der Waals surface area contributed by atoms with Crippen LogP contribution in [0.15, 0.2) is 30.3 Å². The summed E-state index contributed by atoms with van der Waals surface area (Å²) in [6.07, 6.45) is 3.37. The molecule has 0 atom stereocenters. The molecule has 1 aliphatic heterocycles. The fraction of sp³-hybridized carbons (Fsp3) is 0.450. The second-order valence-electron chi connectivity index (χ2n) is 6.91. The van der Waals surface area contributed by atoms with Crippen molar-refractivity contribution < 1.29 is 9.69 Å². The molecule has 0 saturated carbocycles. The fourth-order valence-electron chi connectivity index (χ4n) is 3.96. The van der Waals surface area contributed by atoms with Crippen LogP contribution < -0.4 is 4.90 Å². The monoisotopic (exact) mass is 341 g/mol. The zero-order valence-corrected chi connectivity index (χ0v) is 15.1. The lowest BCUT2D eigenvalue weighted by atomic mass is 9.91. The van der Waals surface area contributed by atoms with E-state index in [4.69, 9.17) is 0 Å². The minimum Gasteiger partial charge on any atom is -0.332 e. The van der Waals surface area contributed by atoms with Gasteiger partial charge in [0.15, 0.2) is 0 Å². The van der Waals surface area contributed by atoms with Gasteiger partial charge in [0.25, 0.3) is 5.91 Å². The van der Waals surface area contributed by atoms with Crippen molar-refractivity contribution in [1.29, 1.82) is 0 Å². The van der Waals surface area contributed by atoms with Crippen molar-refractivity contribution in [1.82, 2.24) is 4.90 Å². The number of amides is 1. The molecule has 1 aliphatic carbocycles. The van der Waals surface area contributed by atoms with Crippen molar-refractivity contribution >= 4 is 17.2 Å². The molecule has 1 fully saturated rings. The van der Waals surface area contributed by atoms with E-state index in [-0.39, 0.29) is 5.91 Å². The first-order valence-electron chi connectivity index (χ1n) is 9.10. The quantitative estimate of drug-likeness (QED) is 0.910. The molecule has 1 saturated heterocycles. The van der Waals surface area contributed by atoms with Gasteiger partial charge >= 0.3 is 0 Å². The van der Waals surface area contributed by atoms with Gasteiger partial charge in [-0.25, -0.2) is 0 Å². The van der Waals surface area contributed by atoms with Crippen LogP contribution in [0.1, 0.15) is 34.1 Å². The molecular formula is C20H25N2OS+. The van der Waals surface area contributed by atoms with Crippen molar-refractivity contribution in [3.63, 3.8) is 0 Å². The Morgan fingerprint density at radius 2 is 1.92 bits per heavy atom. The summed E-state index contributed by atoms with van der Waals surface area (Å²) < 4.78 is 0. The Hall–Kier alpha value is -1.65. The molecule has 126 valence electrons. The summed E-state index contributed by atoms with van der Waals surface area (Å²) in [7, 11) is 0. The third-order valence-corrected chi connectivity index (χ3v) is 6.51. The van der Waals surface area contributed by atoms with E-state index in [1.165, 1.54) is 34.5 Å². The minimum atomic E-state index is 0.238. The average molecular weight is 342 g/mol. The molecule has 2 aliphatic rings. The van der Waals surface area contributed by atoms with Gasteiger partial charge in [0.05, 0.1) is 37.6 Å². The number of aryl methyl sites for hydroxylation is 2. The first-order chi connectivity index (χ1) is 11.8. The molecule has 2 aromatic rings. The lowest BCUT2D eigenvalue weighted by molar-refractivity contribution is -0.904. The molecule has 1 N–H and O–H groups in total. The molecule has 24 heavy (non-hydrogen) atoms. The number of carbonyl (C=O) groups is 1. The Labute approximate surface area is 147 Å². The second-order valence-corrected chi connectivity index (χ2v) is 7.97. The lowest BCUT2D eigenvalue weighted by Gasteiger charge is -2.31. The van der Waals surface area contributed by atoms with Gasteiger partial charge in [0.2, 0.25) is 0 Å². The molecule has 0 unspecified atom stereocenters. The number of rotatable bonds is 3. The highest BCUT2D eigenvalue weighted by Gasteiger charge is 2.27. The Bertz CT molecular complexity index is 744. The van der Waals surface area contributed by atoms with Crippen molar-refractivity contribution in [3.8, 4) is 10.4 Å². The number of carbonyl (C=O) groups excluding carboxylic acids is 1. The SMILES string of the molecule is CCC[NH+]1CCN(C(=O)c2cc3c(s2)-c2ccccc2CC3)CC1. The molecule has 2 heterocycles. The maximum absolute atomic E-state index is 12.9. The van der Waals surface area contributed by atoms with Crippen LogP contribution in [-0.4, -0.2) is 43.5 Å². The van der Waals surface area contributed by atoms with Gasteiger partial charge in [0, 0.05) is 4.88 Å². The summed E-state index contributed by atoms with van der Waals surface area (Å²) in [5.41, 5.74) is 4.11. The number of nitrogens with zero attached hydrogens (tertiary/aromatic N) is 1. The molecule has 0 bridgehead atoms. The summed E-state index contributed by atoms with van der Waals surface area (Å²) in [5, 5.41) is 0. The van der Waals surface area contributed by atoms with Crippen LogP contribution in [0.2, 0.25) is 0 Å². The average Bonchev–Trinajstić information content (AvgIpc) is 3.07. The van der Waals surface area contributed by atoms with Crippen LogP contribution in [0.4, 0.5) is 0 Å². The summed E-state index contributed by atoms with van der Waals surface area (Å²) in [6, 6.07) is 10.8. The number of benzene rings is 1. The van der Waals surface area contributed by atoms with E-state index in [9.17, 15) is 4.79 Å². The molecule has 0 radical (unpaired) electrons. The maximum Gasteiger partial charge on any atom is 0.264 e. The Morgan fingerprint density at radius 3 is 2.71 bits per heavy atom. The topological polar surface area (TPSA) is 24.8 Å². The van der Waals surface area contributed by atoms with E-state index in [2.05, 4.69) is 42.2 Å². The second kappa shape index (κ2) is 6.69. The van der Waals surface area contributed by atoms with Gasteiger partial charge in [-0.15, -0.1) is 11.3 Å². The van der Waals surface area contributed by atoms with Crippen molar-refractivity contribution in [2.75, 3.05) is 32.7 Å². The van der Waals surface area contributed by atoms with Crippen LogP contribution in [0.3, 0.4) is 0 Å². The van der Waals surface area contributed by atoms with E-state index in [0.29, 0.717) is 0 Å². The van der Waals surface area contributed by atoms with Crippen LogP contribution in [0.5, 0.6) is 0 Å². The summed E-state index contributed by atoms with van der Waals surface area (Å²) in [6.45, 7) is 7.44. The van der Waals surface area contributed by atoms with Gasteiger partial charge in [-0.3, -0.25) is 4.79 Å². The predicted molar refractivity (Wildman–Crippen MR) is 98.9 cm³/mol. The highest BCUT2D eigenvalue weighted by atomic mass is 32.1. The smallest absolute Gasteiger partial charge is 0.264 e. The molecule has 0 spiro atoms. The van der Waals surface area contributed by atoms with Crippen LogP contribution in [0, 0.1) is 0 Å². The highest BCUT2D eigenvalue weighted by molar-refractivity contribution is 7.17. The van der Waals surface area contributed by atoms with Gasteiger partial charge in [0.1, 0.15) is 0 Å². The Balaban J connectivity index is 1.53. The first kappa shape index (κ1) is 15.9. The van der Waals surface area contributed by atoms with Crippen molar-refractivity contribution in [3.05, 3.63) is 46.3 Å².